The minimum atomic E-state index is -4.45. The van der Waals surface area contributed by atoms with Gasteiger partial charge in [0.1, 0.15) is 0 Å². The van der Waals surface area contributed by atoms with E-state index in [-0.39, 0.29) is 5.90 Å². The van der Waals surface area contributed by atoms with Crippen LogP contribution in [0.3, 0.4) is 0 Å². The number of rotatable bonds is 7. The second-order valence-electron chi connectivity index (χ2n) is 5.08. The third kappa shape index (κ3) is 6.07. The van der Waals surface area contributed by atoms with Crippen LogP contribution in [0.1, 0.15) is 11.1 Å². The SMILES string of the molecule is C=N/N=C(\OCC(F)(F)F)c1ccc(CN(SC)c2cccnc2)cc1. The maximum Gasteiger partial charge on any atom is 0.422 e. The molecule has 0 saturated heterocycles. The molecule has 0 bridgehead atoms. The van der Waals surface area contributed by atoms with E-state index in [9.17, 15) is 13.2 Å². The topological polar surface area (TPSA) is 50.1 Å². The molecule has 9 heteroatoms. The number of hydrogen-bond acceptors (Lipinski definition) is 6. The predicted octanol–water partition coefficient (Wildman–Crippen LogP) is 4.31. The van der Waals surface area contributed by atoms with Crippen LogP contribution in [0.5, 0.6) is 0 Å². The first-order chi connectivity index (χ1) is 12.4. The third-order valence-corrected chi connectivity index (χ3v) is 4.00. The molecule has 0 radical (unpaired) electrons. The third-order valence-electron chi connectivity index (χ3n) is 3.22. The molecule has 0 saturated carbocycles. The monoisotopic (exact) mass is 382 g/mol. The van der Waals surface area contributed by atoms with Crippen LogP contribution in [0.4, 0.5) is 18.9 Å². The smallest absolute Gasteiger partial charge is 0.422 e. The average molecular weight is 382 g/mol. The number of ether oxygens (including phenoxy) is 1. The fourth-order valence-electron chi connectivity index (χ4n) is 2.07. The zero-order valence-corrected chi connectivity index (χ0v) is 14.8. The van der Waals surface area contributed by atoms with E-state index in [1.54, 1.807) is 48.6 Å². The number of aromatic nitrogens is 1. The molecular formula is C17H17F3N4OS. The van der Waals surface area contributed by atoms with Gasteiger partial charge in [-0.05, 0) is 29.8 Å². The summed E-state index contributed by atoms with van der Waals surface area (Å²) in [6.45, 7) is 2.32. The van der Waals surface area contributed by atoms with Gasteiger partial charge in [0.05, 0.1) is 18.4 Å². The molecule has 2 rings (SSSR count). The van der Waals surface area contributed by atoms with Crippen LogP contribution in [0.2, 0.25) is 0 Å². The summed E-state index contributed by atoms with van der Waals surface area (Å²) < 4.78 is 43.8. The Morgan fingerprint density at radius 1 is 1.27 bits per heavy atom. The number of halogens is 3. The summed E-state index contributed by atoms with van der Waals surface area (Å²) in [5, 5.41) is 6.80. The Morgan fingerprint density at radius 2 is 2.00 bits per heavy atom. The first-order valence-corrected chi connectivity index (χ1v) is 8.65. The zero-order chi connectivity index (χ0) is 19.0. The van der Waals surface area contributed by atoms with Crippen molar-refractivity contribution in [3.05, 3.63) is 59.9 Å². The van der Waals surface area contributed by atoms with Gasteiger partial charge in [-0.25, -0.2) is 0 Å². The molecule has 138 valence electrons. The van der Waals surface area contributed by atoms with Gasteiger partial charge in [-0.1, -0.05) is 24.1 Å². The fraction of sp³-hybridized carbons (Fsp3) is 0.235. The number of alkyl halides is 3. The van der Waals surface area contributed by atoms with E-state index < -0.39 is 12.8 Å². The second-order valence-corrected chi connectivity index (χ2v) is 5.88. The summed E-state index contributed by atoms with van der Waals surface area (Å²) >= 11 is 1.54. The van der Waals surface area contributed by atoms with Gasteiger partial charge in [-0.3, -0.25) is 4.98 Å². The lowest BCUT2D eigenvalue weighted by molar-refractivity contribution is -0.156. The molecule has 0 aliphatic rings. The van der Waals surface area contributed by atoms with Crippen molar-refractivity contribution in [3.63, 3.8) is 0 Å². The van der Waals surface area contributed by atoms with Gasteiger partial charge in [0, 0.05) is 24.7 Å². The molecular weight excluding hydrogens is 365 g/mol. The molecule has 1 aromatic carbocycles. The van der Waals surface area contributed by atoms with Crippen molar-refractivity contribution in [1.29, 1.82) is 0 Å². The van der Waals surface area contributed by atoms with Crippen molar-refractivity contribution in [3.8, 4) is 0 Å². The second kappa shape index (κ2) is 9.23. The molecule has 2 aromatic rings. The molecule has 0 spiro atoms. The number of hydrogen-bond donors (Lipinski definition) is 0. The van der Waals surface area contributed by atoms with Crippen LogP contribution >= 0.6 is 11.9 Å². The van der Waals surface area contributed by atoms with Crippen molar-refractivity contribution in [2.24, 2.45) is 10.2 Å². The molecule has 1 aromatic heterocycles. The Hall–Kier alpha value is -2.55. The Labute approximate surface area is 153 Å². The first-order valence-electron chi connectivity index (χ1n) is 7.47. The molecule has 0 aliphatic carbocycles. The molecule has 0 atom stereocenters. The highest BCUT2D eigenvalue weighted by molar-refractivity contribution is 7.99. The van der Waals surface area contributed by atoms with Crippen LogP contribution in [-0.4, -0.2) is 36.6 Å². The van der Waals surface area contributed by atoms with E-state index in [0.29, 0.717) is 12.1 Å². The number of nitrogens with zero attached hydrogens (tertiary/aromatic N) is 4. The first kappa shape index (κ1) is 19.8. The van der Waals surface area contributed by atoms with Gasteiger partial charge in [0.2, 0.25) is 5.90 Å². The summed E-state index contributed by atoms with van der Waals surface area (Å²) in [6.07, 6.45) is 0.958. The van der Waals surface area contributed by atoms with Gasteiger partial charge in [-0.2, -0.15) is 18.3 Å². The van der Waals surface area contributed by atoms with E-state index in [4.69, 9.17) is 4.74 Å². The van der Waals surface area contributed by atoms with Crippen LogP contribution in [0.25, 0.3) is 0 Å². The summed E-state index contributed by atoms with van der Waals surface area (Å²) in [4.78, 5) is 4.10. The Balaban J connectivity index is 2.10. The van der Waals surface area contributed by atoms with E-state index in [2.05, 4.69) is 21.9 Å². The molecule has 1 heterocycles. The Bertz CT molecular complexity index is 736. The molecule has 5 nitrogen and oxygen atoms in total. The molecule has 0 aliphatic heterocycles. The van der Waals surface area contributed by atoms with Gasteiger partial charge in [0.15, 0.2) is 6.61 Å². The summed E-state index contributed by atoms with van der Waals surface area (Å²) in [7, 11) is 0. The zero-order valence-electron chi connectivity index (χ0n) is 14.0. The molecule has 0 fully saturated rings. The lowest BCUT2D eigenvalue weighted by atomic mass is 10.1. The maximum atomic E-state index is 12.3. The summed E-state index contributed by atoms with van der Waals surface area (Å²) in [5.74, 6) is -0.224. The number of anilines is 1. The van der Waals surface area contributed by atoms with E-state index in [1.807, 2.05) is 22.7 Å². The van der Waals surface area contributed by atoms with Gasteiger partial charge in [0.25, 0.3) is 0 Å². The predicted molar refractivity (Wildman–Crippen MR) is 98.5 cm³/mol. The highest BCUT2D eigenvalue weighted by Crippen LogP contribution is 2.23. The minimum absolute atomic E-state index is 0.224. The molecule has 0 amide bonds. The van der Waals surface area contributed by atoms with Crippen LogP contribution in [-0.2, 0) is 11.3 Å². The Morgan fingerprint density at radius 3 is 2.54 bits per heavy atom. The van der Waals surface area contributed by atoms with Crippen molar-refractivity contribution < 1.29 is 17.9 Å². The number of pyridine rings is 1. The lowest BCUT2D eigenvalue weighted by Gasteiger charge is -2.21. The van der Waals surface area contributed by atoms with E-state index >= 15 is 0 Å². The van der Waals surface area contributed by atoms with Gasteiger partial charge in [-0.15, -0.1) is 5.10 Å². The van der Waals surface area contributed by atoms with Crippen LogP contribution in [0.15, 0.2) is 59.0 Å². The number of benzene rings is 1. The Kier molecular flexibility index (Phi) is 7.02. The van der Waals surface area contributed by atoms with E-state index in [1.165, 1.54) is 0 Å². The van der Waals surface area contributed by atoms with Crippen molar-refractivity contribution >= 4 is 30.3 Å². The average Bonchev–Trinajstić information content (AvgIpc) is 2.64. The normalized spacial score (nSPS) is 11.9. The fourth-order valence-corrected chi connectivity index (χ4v) is 2.66. The summed E-state index contributed by atoms with van der Waals surface area (Å²) in [5.41, 5.74) is 2.31. The highest BCUT2D eigenvalue weighted by atomic mass is 32.2. The van der Waals surface area contributed by atoms with Crippen molar-refractivity contribution in [2.75, 3.05) is 17.2 Å². The summed E-state index contributed by atoms with van der Waals surface area (Å²) in [6, 6.07) is 10.7. The maximum absolute atomic E-state index is 12.3. The van der Waals surface area contributed by atoms with Gasteiger partial charge >= 0.3 is 6.18 Å². The molecule has 0 N–H and O–H groups in total. The standard InChI is InChI=1S/C17H17F3N4OS/c1-21-23-16(25-12-17(18,19)20)14-7-5-13(6-8-14)11-24(26-2)15-4-3-9-22-10-15/h3-10H,1,11-12H2,2H3/b23-16-. The largest absolute Gasteiger partial charge is 0.467 e. The van der Waals surface area contributed by atoms with Crippen LogP contribution < -0.4 is 4.31 Å². The van der Waals surface area contributed by atoms with E-state index in [0.717, 1.165) is 11.3 Å². The molecule has 0 unspecified atom stereocenters. The van der Waals surface area contributed by atoms with Crippen molar-refractivity contribution in [1.82, 2.24) is 4.98 Å². The van der Waals surface area contributed by atoms with Crippen LogP contribution in [0, 0.1) is 0 Å². The van der Waals surface area contributed by atoms with Gasteiger partial charge < -0.3 is 9.04 Å². The highest BCUT2D eigenvalue weighted by Gasteiger charge is 2.29. The minimum Gasteiger partial charge on any atom is -0.467 e. The quantitative estimate of drug-likeness (QED) is 0.310. The molecule has 26 heavy (non-hydrogen) atoms. The van der Waals surface area contributed by atoms with Crippen molar-refractivity contribution in [2.45, 2.75) is 12.7 Å². The lowest BCUT2D eigenvalue weighted by Crippen LogP contribution is -2.21.